The van der Waals surface area contributed by atoms with Gasteiger partial charge >= 0.3 is 0 Å². The molecule has 1 aliphatic heterocycles. The molecule has 23 heavy (non-hydrogen) atoms. The molecule has 0 atom stereocenters. The third-order valence-corrected chi connectivity index (χ3v) is 4.08. The Kier molecular flexibility index (Phi) is 4.23. The summed E-state index contributed by atoms with van der Waals surface area (Å²) in [5, 5.41) is 0. The van der Waals surface area contributed by atoms with Gasteiger partial charge in [0.1, 0.15) is 0 Å². The first-order chi connectivity index (χ1) is 11.1. The zero-order chi connectivity index (χ0) is 16.4. The van der Waals surface area contributed by atoms with Gasteiger partial charge in [0.25, 0.3) is 5.91 Å². The third kappa shape index (κ3) is 3.02. The maximum Gasteiger partial charge on any atom is 0.257 e. The maximum atomic E-state index is 14.0. The number of carbonyl (C=O) groups excluding carboxylic acids is 1. The zero-order valence-electron chi connectivity index (χ0n) is 12.8. The van der Waals surface area contributed by atoms with Gasteiger partial charge in [-0.15, -0.1) is 0 Å². The number of pyridine rings is 1. The Morgan fingerprint density at radius 2 is 1.83 bits per heavy atom. The van der Waals surface area contributed by atoms with Crippen LogP contribution in [0.5, 0.6) is 0 Å². The predicted octanol–water partition coefficient (Wildman–Crippen LogP) is 2.63. The van der Waals surface area contributed by atoms with E-state index in [4.69, 9.17) is 0 Å². The number of hydrogen-bond donors (Lipinski definition) is 0. The van der Waals surface area contributed by atoms with Gasteiger partial charge in [-0.25, -0.2) is 8.78 Å². The fourth-order valence-corrected chi connectivity index (χ4v) is 2.69. The molecule has 0 bridgehead atoms. The van der Waals surface area contributed by atoms with Crippen molar-refractivity contribution in [3.05, 3.63) is 59.4 Å². The molecular weight excluding hydrogens is 300 g/mol. The molecule has 0 unspecified atom stereocenters. The number of carbonyl (C=O) groups is 1. The number of aromatic nitrogens is 1. The average molecular weight is 317 g/mol. The van der Waals surface area contributed by atoms with E-state index in [1.165, 1.54) is 19.1 Å². The minimum Gasteiger partial charge on any atom is -0.367 e. The molecule has 2 aromatic rings. The lowest BCUT2D eigenvalue weighted by molar-refractivity contribution is 0.0741. The topological polar surface area (TPSA) is 36.4 Å². The van der Waals surface area contributed by atoms with Crippen molar-refractivity contribution in [2.45, 2.75) is 6.92 Å². The van der Waals surface area contributed by atoms with Crippen LogP contribution in [0.2, 0.25) is 0 Å². The Morgan fingerprint density at radius 3 is 2.48 bits per heavy atom. The number of rotatable bonds is 2. The molecule has 0 aliphatic carbocycles. The van der Waals surface area contributed by atoms with Gasteiger partial charge in [-0.1, -0.05) is 6.07 Å². The lowest BCUT2D eigenvalue weighted by Crippen LogP contribution is -2.49. The summed E-state index contributed by atoms with van der Waals surface area (Å²) in [6.07, 6.45) is 3.48. The number of piperazine rings is 1. The maximum absolute atomic E-state index is 14.0. The van der Waals surface area contributed by atoms with Gasteiger partial charge in [0.2, 0.25) is 0 Å². The monoisotopic (exact) mass is 317 g/mol. The summed E-state index contributed by atoms with van der Waals surface area (Å²) in [4.78, 5) is 20.2. The van der Waals surface area contributed by atoms with Crippen molar-refractivity contribution in [1.82, 2.24) is 9.88 Å². The fourth-order valence-electron chi connectivity index (χ4n) is 2.69. The van der Waals surface area contributed by atoms with Crippen LogP contribution in [0.15, 0.2) is 36.7 Å². The Morgan fingerprint density at radius 1 is 1.09 bits per heavy atom. The van der Waals surface area contributed by atoms with Gasteiger partial charge in [-0.05, 0) is 30.7 Å². The molecule has 1 aromatic heterocycles. The molecule has 0 radical (unpaired) electrons. The summed E-state index contributed by atoms with van der Waals surface area (Å²) < 4.78 is 27.6. The second-order valence-corrected chi connectivity index (χ2v) is 5.55. The van der Waals surface area contributed by atoms with Crippen molar-refractivity contribution in [3.63, 3.8) is 0 Å². The Labute approximate surface area is 133 Å². The number of benzene rings is 1. The molecule has 1 saturated heterocycles. The van der Waals surface area contributed by atoms with Crippen LogP contribution in [0.3, 0.4) is 0 Å². The molecule has 1 amide bonds. The summed E-state index contributed by atoms with van der Waals surface area (Å²) in [6, 6.07) is 6.60. The van der Waals surface area contributed by atoms with Crippen molar-refractivity contribution in [1.29, 1.82) is 0 Å². The van der Waals surface area contributed by atoms with Crippen LogP contribution in [0.4, 0.5) is 14.5 Å². The van der Waals surface area contributed by atoms with Crippen LogP contribution in [0.25, 0.3) is 0 Å². The smallest absolute Gasteiger partial charge is 0.257 e. The van der Waals surface area contributed by atoms with Crippen LogP contribution in [0, 0.1) is 18.6 Å². The summed E-state index contributed by atoms with van der Waals surface area (Å²) in [7, 11) is 0. The van der Waals surface area contributed by atoms with Crippen LogP contribution >= 0.6 is 0 Å². The highest BCUT2D eigenvalue weighted by Crippen LogP contribution is 2.19. The molecule has 1 aromatic carbocycles. The van der Waals surface area contributed by atoms with Crippen LogP contribution in [0.1, 0.15) is 15.9 Å². The van der Waals surface area contributed by atoms with E-state index in [1.54, 1.807) is 17.3 Å². The second-order valence-electron chi connectivity index (χ2n) is 5.55. The second kappa shape index (κ2) is 6.32. The fraction of sp³-hybridized carbons (Fsp3) is 0.294. The largest absolute Gasteiger partial charge is 0.367 e. The van der Waals surface area contributed by atoms with E-state index >= 15 is 0 Å². The quantitative estimate of drug-likeness (QED) is 0.854. The van der Waals surface area contributed by atoms with E-state index in [0.29, 0.717) is 26.2 Å². The van der Waals surface area contributed by atoms with Gasteiger partial charge in [0, 0.05) is 32.4 Å². The van der Waals surface area contributed by atoms with Gasteiger partial charge < -0.3 is 9.80 Å². The van der Waals surface area contributed by atoms with E-state index in [-0.39, 0.29) is 11.1 Å². The zero-order valence-corrected chi connectivity index (χ0v) is 12.8. The summed E-state index contributed by atoms with van der Waals surface area (Å²) in [5.74, 6) is -2.48. The first kappa shape index (κ1) is 15.4. The third-order valence-electron chi connectivity index (χ3n) is 4.08. The highest BCUT2D eigenvalue weighted by molar-refractivity contribution is 5.94. The van der Waals surface area contributed by atoms with Gasteiger partial charge in [-0.2, -0.15) is 0 Å². The number of aryl methyl sites for hydroxylation is 1. The molecule has 1 aliphatic rings. The molecule has 0 spiro atoms. The first-order valence-electron chi connectivity index (χ1n) is 7.47. The number of nitrogens with zero attached hydrogens (tertiary/aromatic N) is 3. The molecule has 0 N–H and O–H groups in total. The number of halogens is 2. The van der Waals surface area contributed by atoms with E-state index in [1.807, 2.05) is 12.1 Å². The van der Waals surface area contributed by atoms with Crippen molar-refractivity contribution in [2.24, 2.45) is 0 Å². The molecular formula is C17H17F2N3O. The normalized spacial score (nSPS) is 14.9. The molecule has 4 nitrogen and oxygen atoms in total. The molecule has 2 heterocycles. The van der Waals surface area contributed by atoms with Crippen LogP contribution < -0.4 is 4.90 Å². The molecule has 0 saturated carbocycles. The summed E-state index contributed by atoms with van der Waals surface area (Å²) in [6.45, 7) is 3.66. The lowest BCUT2D eigenvalue weighted by atomic mass is 10.1. The Hall–Kier alpha value is -2.50. The number of hydrogen-bond acceptors (Lipinski definition) is 3. The Bertz CT molecular complexity index is 713. The average Bonchev–Trinajstić information content (AvgIpc) is 2.60. The van der Waals surface area contributed by atoms with Gasteiger partial charge in [-0.3, -0.25) is 9.78 Å². The van der Waals surface area contributed by atoms with Crippen LogP contribution in [-0.2, 0) is 0 Å². The summed E-state index contributed by atoms with van der Waals surface area (Å²) >= 11 is 0. The highest BCUT2D eigenvalue weighted by atomic mass is 19.2. The SMILES string of the molecule is Cc1ccc(C(=O)N2CCN(c3cccnc3)CC2)c(F)c1F. The number of amides is 1. The molecule has 3 rings (SSSR count). The predicted molar refractivity (Wildman–Crippen MR) is 83.4 cm³/mol. The molecule has 6 heteroatoms. The minimum absolute atomic E-state index is 0.195. The van der Waals surface area contributed by atoms with E-state index in [2.05, 4.69) is 9.88 Å². The van der Waals surface area contributed by atoms with E-state index in [9.17, 15) is 13.6 Å². The highest BCUT2D eigenvalue weighted by Gasteiger charge is 2.25. The minimum atomic E-state index is -1.07. The summed E-state index contributed by atoms with van der Waals surface area (Å²) in [5.41, 5.74) is 0.982. The Balaban J connectivity index is 1.70. The van der Waals surface area contributed by atoms with Crippen molar-refractivity contribution < 1.29 is 13.6 Å². The van der Waals surface area contributed by atoms with E-state index < -0.39 is 17.5 Å². The molecule has 1 fully saturated rings. The van der Waals surface area contributed by atoms with Crippen molar-refractivity contribution in [3.8, 4) is 0 Å². The lowest BCUT2D eigenvalue weighted by Gasteiger charge is -2.36. The van der Waals surface area contributed by atoms with Crippen LogP contribution in [-0.4, -0.2) is 42.0 Å². The van der Waals surface area contributed by atoms with Gasteiger partial charge in [0.05, 0.1) is 17.4 Å². The van der Waals surface area contributed by atoms with Gasteiger partial charge in [0.15, 0.2) is 11.6 Å². The first-order valence-corrected chi connectivity index (χ1v) is 7.47. The van der Waals surface area contributed by atoms with E-state index in [0.717, 1.165) is 5.69 Å². The standard InChI is InChI=1S/C17H17F2N3O/c1-12-4-5-14(16(19)15(12)18)17(23)22-9-7-21(8-10-22)13-3-2-6-20-11-13/h2-6,11H,7-10H2,1H3. The van der Waals surface area contributed by atoms with Crippen molar-refractivity contribution in [2.75, 3.05) is 31.1 Å². The number of anilines is 1. The van der Waals surface area contributed by atoms with Crippen molar-refractivity contribution >= 4 is 11.6 Å². The molecule has 120 valence electrons.